The van der Waals surface area contributed by atoms with Gasteiger partial charge < -0.3 is 10.6 Å². The largest absolute Gasteiger partial charge is 0.372 e. The maximum atomic E-state index is 13.5. The number of halogens is 2. The first-order valence-corrected chi connectivity index (χ1v) is 10.7. The van der Waals surface area contributed by atoms with E-state index in [-0.39, 0.29) is 17.7 Å². The predicted molar refractivity (Wildman–Crippen MR) is 123 cm³/mol. The van der Waals surface area contributed by atoms with Crippen molar-refractivity contribution in [1.82, 2.24) is 0 Å². The van der Waals surface area contributed by atoms with E-state index in [4.69, 9.17) is 23.2 Å². The molecule has 0 unspecified atom stereocenters. The van der Waals surface area contributed by atoms with Crippen LogP contribution in [0.4, 0.5) is 11.4 Å². The minimum atomic E-state index is -0.296. The van der Waals surface area contributed by atoms with Crippen LogP contribution in [0.5, 0.6) is 0 Å². The Hall–Kier alpha value is -2.75. The number of carbonyl (C=O) groups excluding carboxylic acids is 1. The summed E-state index contributed by atoms with van der Waals surface area (Å²) in [5.74, 6) is 0.304. The molecule has 1 aliphatic heterocycles. The summed E-state index contributed by atoms with van der Waals surface area (Å²) in [5.41, 5.74) is 5.77. The number of rotatable bonds is 2. The fraction of sp³-hybridized carbons (Fsp3) is 0.160. The number of Topliss-reactive ketones (excluding diaryl/α,β-unsaturated/α-hetero) is 1. The first kappa shape index (κ1) is 19.2. The molecule has 0 radical (unpaired) electrons. The van der Waals surface area contributed by atoms with Crippen LogP contribution in [-0.4, -0.2) is 5.78 Å². The number of hydrogen-bond acceptors (Lipinski definition) is 3. The molecule has 2 atom stereocenters. The molecule has 2 N–H and O–H groups in total. The van der Waals surface area contributed by atoms with Crippen molar-refractivity contribution in [3.8, 4) is 0 Å². The van der Waals surface area contributed by atoms with Crippen molar-refractivity contribution >= 4 is 40.4 Å². The van der Waals surface area contributed by atoms with Crippen molar-refractivity contribution < 1.29 is 4.79 Å². The molecule has 0 saturated heterocycles. The van der Waals surface area contributed by atoms with E-state index in [9.17, 15) is 4.79 Å². The molecule has 2 aliphatic rings. The normalized spacial score (nSPS) is 20.5. The second-order valence-electron chi connectivity index (χ2n) is 7.75. The molecule has 0 aromatic heterocycles. The van der Waals surface area contributed by atoms with Gasteiger partial charge in [-0.2, -0.15) is 0 Å². The van der Waals surface area contributed by atoms with Crippen molar-refractivity contribution in [2.24, 2.45) is 0 Å². The first-order chi connectivity index (χ1) is 14.6. The van der Waals surface area contributed by atoms with Crippen molar-refractivity contribution in [1.29, 1.82) is 0 Å². The van der Waals surface area contributed by atoms with Gasteiger partial charge in [0.2, 0.25) is 0 Å². The number of anilines is 2. The van der Waals surface area contributed by atoms with Gasteiger partial charge in [0.1, 0.15) is 0 Å². The molecule has 0 saturated carbocycles. The molecule has 3 aromatic carbocycles. The summed E-state index contributed by atoms with van der Waals surface area (Å²) < 4.78 is 0. The van der Waals surface area contributed by atoms with Crippen LogP contribution < -0.4 is 10.6 Å². The third-order valence-corrected chi connectivity index (χ3v) is 6.60. The molecule has 1 aliphatic carbocycles. The van der Waals surface area contributed by atoms with Gasteiger partial charge in [-0.25, -0.2) is 0 Å². The number of allylic oxidation sites excluding steroid dienone is 1. The van der Waals surface area contributed by atoms with Crippen LogP contribution in [0.15, 0.2) is 84.1 Å². The van der Waals surface area contributed by atoms with E-state index >= 15 is 0 Å². The molecular formula is C25H20Cl2N2O. The molecule has 0 fully saturated rings. The average Bonchev–Trinajstić information content (AvgIpc) is 2.93. The van der Waals surface area contributed by atoms with E-state index in [2.05, 4.69) is 22.8 Å². The van der Waals surface area contributed by atoms with Crippen LogP contribution in [0.2, 0.25) is 10.0 Å². The number of carbonyl (C=O) groups is 1. The minimum absolute atomic E-state index is 0.147. The van der Waals surface area contributed by atoms with Gasteiger partial charge in [-0.1, -0.05) is 71.7 Å². The highest BCUT2D eigenvalue weighted by Crippen LogP contribution is 2.44. The van der Waals surface area contributed by atoms with E-state index < -0.39 is 0 Å². The molecule has 0 spiro atoms. The van der Waals surface area contributed by atoms with Gasteiger partial charge in [-0.3, -0.25) is 4.79 Å². The van der Waals surface area contributed by atoms with Gasteiger partial charge in [-0.15, -0.1) is 0 Å². The molecule has 0 amide bonds. The van der Waals surface area contributed by atoms with Crippen LogP contribution in [0, 0.1) is 0 Å². The maximum Gasteiger partial charge on any atom is 0.163 e. The summed E-state index contributed by atoms with van der Waals surface area (Å²) in [6.07, 6.45) is 1.26. The smallest absolute Gasteiger partial charge is 0.163 e. The molecule has 5 rings (SSSR count). The number of hydrogen-bond donors (Lipinski definition) is 2. The summed E-state index contributed by atoms with van der Waals surface area (Å²) >= 11 is 12.5. The first-order valence-electron chi connectivity index (χ1n) is 9.99. The van der Waals surface area contributed by atoms with Crippen LogP contribution in [0.25, 0.3) is 0 Å². The van der Waals surface area contributed by atoms with Gasteiger partial charge >= 0.3 is 0 Å². The summed E-state index contributed by atoms with van der Waals surface area (Å²) in [6.45, 7) is 0. The van der Waals surface area contributed by atoms with Gasteiger partial charge in [0, 0.05) is 17.7 Å². The summed E-state index contributed by atoms with van der Waals surface area (Å²) in [7, 11) is 0. The Balaban J connectivity index is 1.63. The predicted octanol–water partition coefficient (Wildman–Crippen LogP) is 6.97. The third-order valence-electron chi connectivity index (χ3n) is 5.86. The second-order valence-corrected chi connectivity index (χ2v) is 8.57. The van der Waals surface area contributed by atoms with E-state index in [1.165, 1.54) is 5.56 Å². The van der Waals surface area contributed by atoms with E-state index in [1.807, 2.05) is 54.6 Å². The summed E-state index contributed by atoms with van der Waals surface area (Å²) in [4.78, 5) is 13.5. The lowest BCUT2D eigenvalue weighted by molar-refractivity contribution is -0.116. The zero-order valence-electron chi connectivity index (χ0n) is 16.2. The minimum Gasteiger partial charge on any atom is -0.372 e. The van der Waals surface area contributed by atoms with E-state index in [0.717, 1.165) is 34.6 Å². The van der Waals surface area contributed by atoms with E-state index in [0.29, 0.717) is 16.5 Å². The Bertz CT molecular complexity index is 1160. The molecule has 3 aromatic rings. The number of benzene rings is 3. The van der Waals surface area contributed by atoms with Gasteiger partial charge in [0.25, 0.3) is 0 Å². The SMILES string of the molecule is O=C1C[C@H](c2ccccc2)CC2=C1[C@H](c1ccc(Cl)c(Cl)c1)Nc1ccccc1N2. The monoisotopic (exact) mass is 434 g/mol. The fourth-order valence-electron chi connectivity index (χ4n) is 4.40. The molecule has 1 heterocycles. The summed E-state index contributed by atoms with van der Waals surface area (Å²) in [6, 6.07) is 23.5. The van der Waals surface area contributed by atoms with E-state index in [1.54, 1.807) is 6.07 Å². The van der Waals surface area contributed by atoms with Crippen molar-refractivity contribution in [3.05, 3.63) is 105 Å². The maximum absolute atomic E-state index is 13.5. The fourth-order valence-corrected chi connectivity index (χ4v) is 4.70. The Morgan fingerprint density at radius 1 is 0.767 bits per heavy atom. The van der Waals surface area contributed by atoms with Crippen molar-refractivity contribution in [2.75, 3.05) is 10.6 Å². The van der Waals surface area contributed by atoms with Crippen molar-refractivity contribution in [3.63, 3.8) is 0 Å². The Morgan fingerprint density at radius 2 is 1.50 bits per heavy atom. The second kappa shape index (κ2) is 7.82. The highest BCUT2D eigenvalue weighted by molar-refractivity contribution is 6.42. The standard InChI is InChI=1S/C25H20Cl2N2O/c26-18-11-10-16(12-19(18)27)25-24-22(28-20-8-4-5-9-21(20)29-25)13-17(14-23(24)30)15-6-2-1-3-7-15/h1-12,17,25,28-29H,13-14H2/t17-,25+/m1/s1. The quantitative estimate of drug-likeness (QED) is 0.457. The molecule has 5 heteroatoms. The molecule has 3 nitrogen and oxygen atoms in total. The third kappa shape index (κ3) is 3.49. The Labute approximate surface area is 185 Å². The number of ketones is 1. The number of fused-ring (bicyclic) bond motifs is 1. The summed E-state index contributed by atoms with van der Waals surface area (Å²) in [5, 5.41) is 8.10. The lowest BCUT2D eigenvalue weighted by atomic mass is 9.78. The van der Waals surface area contributed by atoms with Gasteiger partial charge in [0.05, 0.1) is 27.5 Å². The zero-order valence-corrected chi connectivity index (χ0v) is 17.7. The lowest BCUT2D eigenvalue weighted by Gasteiger charge is -2.30. The van der Waals surface area contributed by atoms with Gasteiger partial charge in [-0.05, 0) is 47.7 Å². The average molecular weight is 435 g/mol. The number of nitrogens with one attached hydrogen (secondary N) is 2. The van der Waals surface area contributed by atoms with Crippen LogP contribution in [0.1, 0.15) is 35.9 Å². The highest BCUT2D eigenvalue weighted by atomic mass is 35.5. The molecular weight excluding hydrogens is 415 g/mol. The van der Waals surface area contributed by atoms with Crippen molar-refractivity contribution in [2.45, 2.75) is 24.8 Å². The lowest BCUT2D eigenvalue weighted by Crippen LogP contribution is -2.26. The molecule has 150 valence electrons. The number of para-hydroxylation sites is 2. The Morgan fingerprint density at radius 3 is 2.27 bits per heavy atom. The van der Waals surface area contributed by atoms with Crippen LogP contribution >= 0.6 is 23.2 Å². The van der Waals surface area contributed by atoms with Gasteiger partial charge in [0.15, 0.2) is 5.78 Å². The zero-order chi connectivity index (χ0) is 20.7. The molecule has 30 heavy (non-hydrogen) atoms. The van der Waals surface area contributed by atoms with Crippen LogP contribution in [-0.2, 0) is 4.79 Å². The topological polar surface area (TPSA) is 41.1 Å². The Kier molecular flexibility index (Phi) is 5.01. The highest BCUT2D eigenvalue weighted by Gasteiger charge is 2.36. The molecule has 0 bridgehead atoms. The van der Waals surface area contributed by atoms with Crippen LogP contribution in [0.3, 0.4) is 0 Å².